The number of methoxy groups -OCH3 is 1. The molecular weight excluding hydrogens is 330 g/mol. The zero-order valence-corrected chi connectivity index (χ0v) is 14.5. The Morgan fingerprint density at radius 3 is 2.67 bits per heavy atom. The number of esters is 1. The molecule has 0 N–H and O–H groups in total. The van der Waals surface area contributed by atoms with Crippen molar-refractivity contribution in [2.45, 2.75) is 44.8 Å². The van der Waals surface area contributed by atoms with E-state index < -0.39 is 5.97 Å². The molecule has 0 aliphatic heterocycles. The molecule has 1 aliphatic carbocycles. The van der Waals surface area contributed by atoms with E-state index in [1.165, 1.54) is 0 Å². The molecule has 2 atom stereocenters. The molecule has 1 aliphatic rings. The Hall–Kier alpha value is -1.92. The fraction of sp³-hybridized carbons (Fsp3) is 0.471. The molecule has 0 radical (unpaired) electrons. The second-order valence-electron chi connectivity index (χ2n) is 5.85. The fourth-order valence-electron chi connectivity index (χ4n) is 2.99. The largest absolute Gasteiger partial charge is 0.454 e. The molecule has 0 saturated heterocycles. The van der Waals surface area contributed by atoms with E-state index in [-0.39, 0.29) is 18.0 Å². The molecule has 2 aromatic rings. The first kappa shape index (κ1) is 16.9. The van der Waals surface area contributed by atoms with Gasteiger partial charge in [0, 0.05) is 7.11 Å². The molecule has 1 aromatic heterocycles. The number of aryl methyl sites for hydroxylation is 1. The van der Waals surface area contributed by atoms with Crippen LogP contribution < -0.4 is 0 Å². The standard InChI is InChI=1S/C17H20ClN3O3/c1-11-19-16(20-21(11)13-8-4-3-7-12(13)18)17(22)24-15-10-6-5-9-14(15)23-2/h3-4,7-8,14-15H,5-6,9-10H2,1-2H3/t14-,15+/m1/s1. The minimum atomic E-state index is -0.530. The van der Waals surface area contributed by atoms with Crippen LogP contribution in [0.2, 0.25) is 5.02 Å². The van der Waals surface area contributed by atoms with Gasteiger partial charge < -0.3 is 9.47 Å². The maximum atomic E-state index is 12.4. The van der Waals surface area contributed by atoms with E-state index in [4.69, 9.17) is 21.1 Å². The van der Waals surface area contributed by atoms with Crippen LogP contribution in [0.1, 0.15) is 42.1 Å². The Balaban J connectivity index is 1.79. The van der Waals surface area contributed by atoms with E-state index >= 15 is 0 Å². The van der Waals surface area contributed by atoms with Crippen LogP contribution in [-0.2, 0) is 9.47 Å². The highest BCUT2D eigenvalue weighted by Crippen LogP contribution is 2.24. The van der Waals surface area contributed by atoms with Crippen LogP contribution >= 0.6 is 11.6 Å². The van der Waals surface area contributed by atoms with Gasteiger partial charge in [0.25, 0.3) is 5.82 Å². The van der Waals surface area contributed by atoms with Crippen LogP contribution in [0.4, 0.5) is 0 Å². The fourth-order valence-corrected chi connectivity index (χ4v) is 3.20. The first-order valence-electron chi connectivity index (χ1n) is 8.02. The maximum absolute atomic E-state index is 12.4. The molecule has 1 saturated carbocycles. The number of hydrogen-bond donors (Lipinski definition) is 0. The molecular formula is C17H20ClN3O3. The number of hydrogen-bond acceptors (Lipinski definition) is 5. The van der Waals surface area contributed by atoms with Gasteiger partial charge in [-0.25, -0.2) is 14.5 Å². The second-order valence-corrected chi connectivity index (χ2v) is 6.26. The normalized spacial score (nSPS) is 20.8. The van der Waals surface area contributed by atoms with Crippen molar-refractivity contribution in [2.75, 3.05) is 7.11 Å². The van der Waals surface area contributed by atoms with Gasteiger partial charge in [-0.2, -0.15) is 0 Å². The molecule has 3 rings (SSSR count). The van der Waals surface area contributed by atoms with Crippen molar-refractivity contribution in [3.05, 3.63) is 40.9 Å². The zero-order valence-electron chi connectivity index (χ0n) is 13.7. The number of carbonyl (C=O) groups excluding carboxylic acids is 1. The summed E-state index contributed by atoms with van der Waals surface area (Å²) in [4.78, 5) is 16.6. The number of halogens is 1. The lowest BCUT2D eigenvalue weighted by Gasteiger charge is -2.29. The highest BCUT2D eigenvalue weighted by molar-refractivity contribution is 6.32. The first-order valence-corrected chi connectivity index (χ1v) is 8.40. The van der Waals surface area contributed by atoms with Gasteiger partial charge in [0.2, 0.25) is 0 Å². The van der Waals surface area contributed by atoms with Gasteiger partial charge in [-0.05, 0) is 38.3 Å². The van der Waals surface area contributed by atoms with Crippen LogP contribution in [0.5, 0.6) is 0 Å². The minimum Gasteiger partial charge on any atom is -0.454 e. The van der Waals surface area contributed by atoms with Crippen molar-refractivity contribution in [1.82, 2.24) is 14.8 Å². The predicted molar refractivity (Wildman–Crippen MR) is 89.6 cm³/mol. The summed E-state index contributed by atoms with van der Waals surface area (Å²) in [5, 5.41) is 4.80. The molecule has 0 spiro atoms. The lowest BCUT2D eigenvalue weighted by atomic mass is 9.94. The molecule has 0 bridgehead atoms. The number of para-hydroxylation sites is 1. The summed E-state index contributed by atoms with van der Waals surface area (Å²) in [6, 6.07) is 7.27. The topological polar surface area (TPSA) is 66.2 Å². The van der Waals surface area contributed by atoms with Gasteiger partial charge in [0.05, 0.1) is 16.8 Å². The molecule has 24 heavy (non-hydrogen) atoms. The van der Waals surface area contributed by atoms with Crippen LogP contribution in [0.15, 0.2) is 24.3 Å². The van der Waals surface area contributed by atoms with Crippen molar-refractivity contribution in [1.29, 1.82) is 0 Å². The van der Waals surface area contributed by atoms with Gasteiger partial charge in [0.15, 0.2) is 0 Å². The van der Waals surface area contributed by atoms with E-state index in [1.54, 1.807) is 24.8 Å². The third-order valence-corrected chi connectivity index (χ3v) is 4.55. The summed E-state index contributed by atoms with van der Waals surface area (Å²) >= 11 is 6.19. The van der Waals surface area contributed by atoms with Crippen molar-refractivity contribution in [3.8, 4) is 5.69 Å². The van der Waals surface area contributed by atoms with E-state index in [0.717, 1.165) is 25.7 Å². The molecule has 0 unspecified atom stereocenters. The quantitative estimate of drug-likeness (QED) is 0.792. The van der Waals surface area contributed by atoms with Crippen molar-refractivity contribution in [3.63, 3.8) is 0 Å². The highest BCUT2D eigenvalue weighted by atomic mass is 35.5. The number of benzene rings is 1. The summed E-state index contributed by atoms with van der Waals surface area (Å²) in [6.45, 7) is 1.77. The summed E-state index contributed by atoms with van der Waals surface area (Å²) in [7, 11) is 1.64. The third-order valence-electron chi connectivity index (χ3n) is 4.24. The smallest absolute Gasteiger partial charge is 0.378 e. The number of carbonyl (C=O) groups is 1. The lowest BCUT2D eigenvalue weighted by molar-refractivity contribution is -0.0545. The Morgan fingerprint density at radius 1 is 1.25 bits per heavy atom. The van der Waals surface area contributed by atoms with E-state index in [9.17, 15) is 4.79 Å². The van der Waals surface area contributed by atoms with Crippen molar-refractivity contribution >= 4 is 17.6 Å². The average molecular weight is 350 g/mol. The Labute approximate surface area is 145 Å². The van der Waals surface area contributed by atoms with Crippen LogP contribution in [0, 0.1) is 6.92 Å². The molecule has 6 nitrogen and oxygen atoms in total. The minimum absolute atomic E-state index is 0.0350. The van der Waals surface area contributed by atoms with Crippen molar-refractivity contribution in [2.24, 2.45) is 0 Å². The van der Waals surface area contributed by atoms with Gasteiger partial charge in [-0.1, -0.05) is 30.2 Å². The summed E-state index contributed by atoms with van der Waals surface area (Å²) in [5.41, 5.74) is 0.677. The van der Waals surface area contributed by atoms with E-state index in [2.05, 4.69) is 10.1 Å². The lowest BCUT2D eigenvalue weighted by Crippen LogP contribution is -2.35. The van der Waals surface area contributed by atoms with Crippen LogP contribution in [-0.4, -0.2) is 40.1 Å². The SMILES string of the molecule is CO[C@@H]1CCCC[C@@H]1OC(=O)c1nc(C)n(-c2ccccc2Cl)n1. The van der Waals surface area contributed by atoms with Crippen LogP contribution in [0.25, 0.3) is 5.69 Å². The molecule has 128 valence electrons. The molecule has 1 aromatic carbocycles. The monoisotopic (exact) mass is 349 g/mol. The molecule has 1 fully saturated rings. The summed E-state index contributed by atoms with van der Waals surface area (Å²) in [5.74, 6) is 0.0766. The zero-order chi connectivity index (χ0) is 17.1. The first-order chi connectivity index (χ1) is 11.6. The van der Waals surface area contributed by atoms with Gasteiger partial charge in [-0.15, -0.1) is 5.10 Å². The van der Waals surface area contributed by atoms with E-state index in [1.807, 2.05) is 18.2 Å². The highest BCUT2D eigenvalue weighted by Gasteiger charge is 2.30. The average Bonchev–Trinajstić information content (AvgIpc) is 2.97. The van der Waals surface area contributed by atoms with Gasteiger partial charge >= 0.3 is 5.97 Å². The molecule has 7 heteroatoms. The van der Waals surface area contributed by atoms with E-state index in [0.29, 0.717) is 16.5 Å². The second kappa shape index (κ2) is 7.32. The summed E-state index contributed by atoms with van der Waals surface area (Å²) in [6.07, 6.45) is 3.51. The summed E-state index contributed by atoms with van der Waals surface area (Å²) < 4.78 is 12.5. The van der Waals surface area contributed by atoms with Gasteiger partial charge in [-0.3, -0.25) is 0 Å². The van der Waals surface area contributed by atoms with Crippen LogP contribution in [0.3, 0.4) is 0 Å². The number of nitrogens with zero attached hydrogens (tertiary/aromatic N) is 3. The van der Waals surface area contributed by atoms with Crippen molar-refractivity contribution < 1.29 is 14.3 Å². The molecule has 1 heterocycles. The Morgan fingerprint density at radius 2 is 1.96 bits per heavy atom. The molecule has 0 amide bonds. The predicted octanol–water partition coefficient (Wildman–Crippen LogP) is 3.34. The van der Waals surface area contributed by atoms with Gasteiger partial charge in [0.1, 0.15) is 11.9 Å². The Kier molecular flexibility index (Phi) is 5.16. The number of ether oxygens (including phenoxy) is 2. The third kappa shape index (κ3) is 3.44. The number of aromatic nitrogens is 3. The number of rotatable bonds is 4. The Bertz CT molecular complexity index is 732. The maximum Gasteiger partial charge on any atom is 0.378 e.